The Morgan fingerprint density at radius 3 is 2.92 bits per heavy atom. The topological polar surface area (TPSA) is 76.6 Å². The van der Waals surface area contributed by atoms with Gasteiger partial charge in [0, 0.05) is 18.1 Å². The van der Waals surface area contributed by atoms with E-state index in [0.717, 1.165) is 23.8 Å². The van der Waals surface area contributed by atoms with Crippen LogP contribution in [0.5, 0.6) is 0 Å². The molecule has 0 amide bonds. The summed E-state index contributed by atoms with van der Waals surface area (Å²) in [5.41, 5.74) is 1.39. The van der Waals surface area contributed by atoms with Crippen molar-refractivity contribution in [2.75, 3.05) is 13.2 Å². The zero-order chi connectivity index (χ0) is 18.0. The van der Waals surface area contributed by atoms with Crippen molar-refractivity contribution in [1.82, 2.24) is 9.29 Å². The third-order valence-corrected chi connectivity index (χ3v) is 6.35. The van der Waals surface area contributed by atoms with Crippen molar-refractivity contribution in [2.45, 2.75) is 44.0 Å². The first-order valence-corrected chi connectivity index (χ1v) is 9.93. The van der Waals surface area contributed by atoms with Crippen LogP contribution < -0.4 is 0 Å². The van der Waals surface area contributed by atoms with E-state index < -0.39 is 22.0 Å². The number of esters is 1. The number of pyridine rings is 1. The van der Waals surface area contributed by atoms with Crippen LogP contribution >= 0.6 is 0 Å². The molecule has 25 heavy (non-hydrogen) atoms. The third-order valence-electron chi connectivity index (χ3n) is 4.41. The Labute approximate surface area is 147 Å². The van der Waals surface area contributed by atoms with Crippen LogP contribution in [-0.4, -0.2) is 42.9 Å². The molecular formula is C18H22N2O4S. The molecule has 1 aromatic heterocycles. The van der Waals surface area contributed by atoms with Gasteiger partial charge in [0.1, 0.15) is 10.9 Å². The Bertz CT molecular complexity index is 895. The van der Waals surface area contributed by atoms with Gasteiger partial charge in [-0.2, -0.15) is 4.31 Å². The van der Waals surface area contributed by atoms with Gasteiger partial charge in [-0.05, 0) is 50.8 Å². The summed E-state index contributed by atoms with van der Waals surface area (Å²) in [5, 5.41) is 0.769. The molecular weight excluding hydrogens is 340 g/mol. The van der Waals surface area contributed by atoms with Crippen LogP contribution in [0.1, 0.15) is 31.7 Å². The molecule has 0 radical (unpaired) electrons. The van der Waals surface area contributed by atoms with E-state index in [0.29, 0.717) is 18.5 Å². The van der Waals surface area contributed by atoms with Crippen molar-refractivity contribution < 1.29 is 17.9 Å². The molecule has 1 unspecified atom stereocenters. The van der Waals surface area contributed by atoms with Gasteiger partial charge in [-0.15, -0.1) is 0 Å². The molecule has 0 bridgehead atoms. The van der Waals surface area contributed by atoms with Crippen LogP contribution in [0.2, 0.25) is 0 Å². The highest BCUT2D eigenvalue weighted by Gasteiger charge is 2.39. The molecule has 1 aliphatic rings. The molecule has 2 heterocycles. The number of ether oxygens (including phenoxy) is 1. The summed E-state index contributed by atoms with van der Waals surface area (Å²) in [6, 6.07) is 6.24. The number of sulfonamides is 1. The number of para-hydroxylation sites is 1. The molecule has 2 aromatic rings. The number of hydrogen-bond acceptors (Lipinski definition) is 5. The second kappa shape index (κ2) is 7.09. The normalized spacial score (nSPS) is 19.0. The molecule has 1 saturated heterocycles. The first-order valence-electron chi connectivity index (χ1n) is 8.49. The monoisotopic (exact) mass is 362 g/mol. The van der Waals surface area contributed by atoms with E-state index in [1.165, 1.54) is 4.31 Å². The molecule has 1 aromatic carbocycles. The maximum atomic E-state index is 13.3. The van der Waals surface area contributed by atoms with E-state index in [9.17, 15) is 13.2 Å². The molecule has 1 fully saturated rings. The number of hydrogen-bond donors (Lipinski definition) is 0. The minimum atomic E-state index is -3.84. The van der Waals surface area contributed by atoms with Crippen molar-refractivity contribution in [3.63, 3.8) is 0 Å². The number of aromatic nitrogens is 1. The molecule has 3 rings (SSSR count). The third kappa shape index (κ3) is 3.39. The molecule has 1 aliphatic heterocycles. The van der Waals surface area contributed by atoms with Gasteiger partial charge in [0.05, 0.1) is 12.1 Å². The fraction of sp³-hybridized carbons (Fsp3) is 0.444. The van der Waals surface area contributed by atoms with Gasteiger partial charge in [-0.25, -0.2) is 8.42 Å². The van der Waals surface area contributed by atoms with Gasteiger partial charge >= 0.3 is 5.97 Å². The van der Waals surface area contributed by atoms with Crippen molar-refractivity contribution >= 4 is 26.9 Å². The van der Waals surface area contributed by atoms with Gasteiger partial charge in [0.25, 0.3) is 0 Å². The number of rotatable bonds is 4. The lowest BCUT2D eigenvalue weighted by Gasteiger charge is -2.33. The first kappa shape index (κ1) is 17.8. The average Bonchev–Trinajstić information content (AvgIpc) is 2.61. The first-order chi connectivity index (χ1) is 11.9. The summed E-state index contributed by atoms with van der Waals surface area (Å²) in [6.07, 6.45) is 3.67. The Hall–Kier alpha value is -1.99. The summed E-state index contributed by atoms with van der Waals surface area (Å²) in [4.78, 5) is 16.7. The highest BCUT2D eigenvalue weighted by Crippen LogP contribution is 2.30. The summed E-state index contributed by atoms with van der Waals surface area (Å²) in [5.74, 6) is -0.477. The van der Waals surface area contributed by atoms with Crippen molar-refractivity contribution in [3.05, 3.63) is 36.0 Å². The van der Waals surface area contributed by atoms with Gasteiger partial charge in [-0.1, -0.05) is 12.1 Å². The Morgan fingerprint density at radius 1 is 1.36 bits per heavy atom. The molecule has 0 aliphatic carbocycles. The summed E-state index contributed by atoms with van der Waals surface area (Å²) >= 11 is 0. The van der Waals surface area contributed by atoms with Crippen LogP contribution in [0, 0.1) is 6.92 Å². The number of benzene rings is 1. The fourth-order valence-corrected chi connectivity index (χ4v) is 5.06. The molecule has 0 N–H and O–H groups in total. The van der Waals surface area contributed by atoms with E-state index in [1.807, 2.05) is 19.1 Å². The smallest absolute Gasteiger partial charge is 0.324 e. The quantitative estimate of drug-likeness (QED) is 0.782. The lowest BCUT2D eigenvalue weighted by atomic mass is 10.1. The van der Waals surface area contributed by atoms with Crippen LogP contribution in [0.15, 0.2) is 35.4 Å². The number of carbonyl (C=O) groups excluding carboxylic acids is 1. The average molecular weight is 362 g/mol. The van der Waals surface area contributed by atoms with E-state index in [-0.39, 0.29) is 11.5 Å². The van der Waals surface area contributed by atoms with Gasteiger partial charge in [0.15, 0.2) is 0 Å². The standard InChI is InChI=1S/C18H22N2O4S/c1-3-24-18(21)15-8-4-5-10-20(15)25(22,23)16-9-6-7-14-11-13(2)12-19-17(14)16/h6-7,9,11-12,15H,3-5,8,10H2,1-2H3. The number of aryl methyl sites for hydroxylation is 1. The lowest BCUT2D eigenvalue weighted by molar-refractivity contribution is -0.148. The maximum absolute atomic E-state index is 13.3. The highest BCUT2D eigenvalue weighted by atomic mass is 32.2. The second-order valence-corrected chi connectivity index (χ2v) is 8.08. The fourth-order valence-electron chi connectivity index (χ4n) is 3.24. The van der Waals surface area contributed by atoms with E-state index in [1.54, 1.807) is 25.3 Å². The zero-order valence-corrected chi connectivity index (χ0v) is 15.3. The van der Waals surface area contributed by atoms with Gasteiger partial charge in [-0.3, -0.25) is 9.78 Å². The number of nitrogens with zero attached hydrogens (tertiary/aromatic N) is 2. The Morgan fingerprint density at radius 2 is 2.16 bits per heavy atom. The van der Waals surface area contributed by atoms with Crippen LogP contribution in [0.25, 0.3) is 10.9 Å². The van der Waals surface area contributed by atoms with Crippen molar-refractivity contribution in [2.24, 2.45) is 0 Å². The van der Waals surface area contributed by atoms with Crippen molar-refractivity contribution in [3.8, 4) is 0 Å². The second-order valence-electron chi connectivity index (χ2n) is 6.22. The molecule has 7 heteroatoms. The Kier molecular flexibility index (Phi) is 5.06. The maximum Gasteiger partial charge on any atom is 0.324 e. The predicted molar refractivity (Wildman–Crippen MR) is 94.6 cm³/mol. The van der Waals surface area contributed by atoms with Crippen LogP contribution in [-0.2, 0) is 19.6 Å². The van der Waals surface area contributed by atoms with E-state index >= 15 is 0 Å². The van der Waals surface area contributed by atoms with Crippen LogP contribution in [0.3, 0.4) is 0 Å². The van der Waals surface area contributed by atoms with Gasteiger partial charge in [0.2, 0.25) is 10.0 Å². The zero-order valence-electron chi connectivity index (χ0n) is 14.4. The molecule has 134 valence electrons. The summed E-state index contributed by atoms with van der Waals surface area (Å²) in [6.45, 7) is 4.18. The van der Waals surface area contributed by atoms with Crippen LogP contribution in [0.4, 0.5) is 0 Å². The molecule has 0 spiro atoms. The molecule has 1 atom stereocenters. The van der Waals surface area contributed by atoms with E-state index in [2.05, 4.69) is 4.98 Å². The number of piperidine rings is 1. The number of fused-ring (bicyclic) bond motifs is 1. The summed E-state index contributed by atoms with van der Waals surface area (Å²) < 4.78 is 32.9. The minimum Gasteiger partial charge on any atom is -0.465 e. The SMILES string of the molecule is CCOC(=O)C1CCCCN1S(=O)(=O)c1cccc2cc(C)cnc12. The minimum absolute atomic E-state index is 0.140. The molecule has 0 saturated carbocycles. The lowest BCUT2D eigenvalue weighted by Crippen LogP contribution is -2.48. The largest absolute Gasteiger partial charge is 0.465 e. The van der Waals surface area contributed by atoms with Crippen molar-refractivity contribution in [1.29, 1.82) is 0 Å². The number of carbonyl (C=O) groups is 1. The molecule has 6 nitrogen and oxygen atoms in total. The van der Waals surface area contributed by atoms with E-state index in [4.69, 9.17) is 4.74 Å². The highest BCUT2D eigenvalue weighted by molar-refractivity contribution is 7.89. The summed E-state index contributed by atoms with van der Waals surface area (Å²) in [7, 11) is -3.84. The Balaban J connectivity index is 2.07. The van der Waals surface area contributed by atoms with Gasteiger partial charge < -0.3 is 4.74 Å². The predicted octanol–water partition coefficient (Wildman–Crippen LogP) is 2.65.